The van der Waals surface area contributed by atoms with Crippen LogP contribution in [0.3, 0.4) is 0 Å². The fourth-order valence-electron chi connectivity index (χ4n) is 3.12. The number of carbonyl (C=O) groups excluding carboxylic acids is 1. The number of thiophene rings is 1. The fraction of sp³-hybridized carbons (Fsp3) is 0.286. The number of nitrogen functional groups attached to an aromatic ring is 1. The molecule has 0 radical (unpaired) electrons. The highest BCUT2D eigenvalue weighted by Gasteiger charge is 2.24. The van der Waals surface area contributed by atoms with Crippen LogP contribution in [0, 0.1) is 0 Å². The number of benzene rings is 1. The second-order valence-electron chi connectivity index (χ2n) is 6.68. The maximum Gasteiger partial charge on any atom is 0.330 e. The molecule has 0 aliphatic heterocycles. The van der Waals surface area contributed by atoms with Crippen molar-refractivity contribution in [3.05, 3.63) is 79.1 Å². The molecule has 3 N–H and O–H groups in total. The summed E-state index contributed by atoms with van der Waals surface area (Å²) in [6.45, 7) is 0.563. The summed E-state index contributed by atoms with van der Waals surface area (Å²) >= 11 is 1.57. The van der Waals surface area contributed by atoms with E-state index in [2.05, 4.69) is 4.98 Å². The first-order chi connectivity index (χ1) is 14.5. The summed E-state index contributed by atoms with van der Waals surface area (Å²) in [5, 5.41) is 1.95. The Morgan fingerprint density at radius 2 is 1.97 bits per heavy atom. The molecular formula is C21H24N4O4S. The van der Waals surface area contributed by atoms with Crippen LogP contribution < -0.4 is 21.9 Å². The van der Waals surface area contributed by atoms with Gasteiger partial charge in [-0.1, -0.05) is 36.4 Å². The van der Waals surface area contributed by atoms with E-state index in [0.29, 0.717) is 6.42 Å². The monoisotopic (exact) mass is 428 g/mol. The van der Waals surface area contributed by atoms with Crippen LogP contribution in [0.5, 0.6) is 0 Å². The first-order valence-electron chi connectivity index (χ1n) is 9.49. The Bertz CT molecular complexity index is 1090. The highest BCUT2D eigenvalue weighted by molar-refractivity contribution is 7.09. The summed E-state index contributed by atoms with van der Waals surface area (Å²) in [5.74, 6) is -0.303. The van der Waals surface area contributed by atoms with E-state index in [1.807, 2.05) is 47.8 Å². The molecule has 0 bridgehead atoms. The van der Waals surface area contributed by atoms with Gasteiger partial charge in [-0.05, 0) is 23.4 Å². The Balaban J connectivity index is 1.99. The Labute approximate surface area is 177 Å². The van der Waals surface area contributed by atoms with Crippen molar-refractivity contribution in [1.82, 2.24) is 9.55 Å². The van der Waals surface area contributed by atoms with Gasteiger partial charge in [-0.15, -0.1) is 11.3 Å². The van der Waals surface area contributed by atoms with E-state index in [-0.39, 0.29) is 43.5 Å². The number of anilines is 2. The van der Waals surface area contributed by atoms with Crippen LogP contribution in [-0.2, 0) is 29.0 Å². The van der Waals surface area contributed by atoms with Gasteiger partial charge in [0.15, 0.2) is 5.69 Å². The smallest absolute Gasteiger partial charge is 0.330 e. The van der Waals surface area contributed by atoms with Crippen molar-refractivity contribution in [2.75, 3.05) is 24.4 Å². The Morgan fingerprint density at radius 1 is 1.20 bits per heavy atom. The largest absolute Gasteiger partial charge is 0.383 e. The number of aryl methyl sites for hydroxylation is 1. The van der Waals surface area contributed by atoms with E-state index in [1.165, 1.54) is 16.6 Å². The summed E-state index contributed by atoms with van der Waals surface area (Å²) in [6, 6.07) is 13.2. The number of aromatic nitrogens is 2. The molecule has 3 rings (SSSR count). The van der Waals surface area contributed by atoms with Crippen molar-refractivity contribution in [2.45, 2.75) is 25.9 Å². The molecule has 2 heterocycles. The van der Waals surface area contributed by atoms with Gasteiger partial charge in [0.25, 0.3) is 5.56 Å². The van der Waals surface area contributed by atoms with E-state index < -0.39 is 11.2 Å². The first-order valence-corrected chi connectivity index (χ1v) is 10.4. The lowest BCUT2D eigenvalue weighted by Crippen LogP contribution is -2.41. The van der Waals surface area contributed by atoms with Crippen LogP contribution in [0.4, 0.5) is 11.5 Å². The number of amides is 1. The number of carbonyl (C=O) groups is 1. The molecule has 0 fully saturated rings. The molecule has 1 amide bonds. The number of hydrogen-bond donors (Lipinski definition) is 2. The first kappa shape index (κ1) is 21.5. The second kappa shape index (κ2) is 10.0. The van der Waals surface area contributed by atoms with Crippen LogP contribution in [0.1, 0.15) is 16.9 Å². The van der Waals surface area contributed by atoms with Gasteiger partial charge in [-0.25, -0.2) is 4.79 Å². The zero-order chi connectivity index (χ0) is 21.5. The molecule has 0 aliphatic rings. The minimum atomic E-state index is -0.688. The Morgan fingerprint density at radius 3 is 2.63 bits per heavy atom. The predicted molar refractivity (Wildman–Crippen MR) is 118 cm³/mol. The highest BCUT2D eigenvalue weighted by Crippen LogP contribution is 2.21. The van der Waals surface area contributed by atoms with Gasteiger partial charge in [-0.3, -0.25) is 19.1 Å². The number of ether oxygens (including phenoxy) is 1. The van der Waals surface area contributed by atoms with Crippen molar-refractivity contribution in [1.29, 1.82) is 0 Å². The van der Waals surface area contributed by atoms with Crippen molar-refractivity contribution in [2.24, 2.45) is 0 Å². The summed E-state index contributed by atoms with van der Waals surface area (Å²) in [7, 11) is 1.50. The molecule has 2 aromatic heterocycles. The number of hydrogen-bond acceptors (Lipinski definition) is 6. The molecule has 158 valence electrons. The molecular weight excluding hydrogens is 404 g/mol. The standard InChI is InChI=1S/C21H24N4O4S/c1-29-12-11-24-19(22)18(20(27)23-21(24)28)25(14-15-6-3-2-4-7-15)17(26)10-9-16-8-5-13-30-16/h2-8,13H,9-12,14,22H2,1H3,(H,23,27,28). The van der Waals surface area contributed by atoms with Crippen LogP contribution in [-0.4, -0.2) is 29.2 Å². The maximum absolute atomic E-state index is 13.2. The molecule has 0 unspecified atom stereocenters. The summed E-state index contributed by atoms with van der Waals surface area (Å²) in [4.78, 5) is 42.8. The summed E-state index contributed by atoms with van der Waals surface area (Å²) in [6.07, 6.45) is 0.770. The molecule has 9 heteroatoms. The molecule has 0 aliphatic carbocycles. The van der Waals surface area contributed by atoms with Crippen LogP contribution in [0.2, 0.25) is 0 Å². The zero-order valence-electron chi connectivity index (χ0n) is 16.7. The lowest BCUT2D eigenvalue weighted by atomic mass is 10.1. The topological polar surface area (TPSA) is 110 Å². The molecule has 3 aromatic rings. The van der Waals surface area contributed by atoms with Crippen molar-refractivity contribution < 1.29 is 9.53 Å². The van der Waals surface area contributed by atoms with Crippen molar-refractivity contribution in [3.8, 4) is 0 Å². The average molecular weight is 429 g/mol. The van der Waals surface area contributed by atoms with Gasteiger partial charge in [0.2, 0.25) is 5.91 Å². The number of rotatable bonds is 9. The third-order valence-corrected chi connectivity index (χ3v) is 5.59. The van der Waals surface area contributed by atoms with Gasteiger partial charge in [0.1, 0.15) is 5.82 Å². The molecule has 30 heavy (non-hydrogen) atoms. The van der Waals surface area contributed by atoms with E-state index in [1.54, 1.807) is 11.3 Å². The van der Waals surface area contributed by atoms with Gasteiger partial charge in [-0.2, -0.15) is 0 Å². The van der Waals surface area contributed by atoms with Gasteiger partial charge >= 0.3 is 5.69 Å². The van der Waals surface area contributed by atoms with Crippen LogP contribution in [0.25, 0.3) is 0 Å². The van der Waals surface area contributed by atoms with Crippen molar-refractivity contribution >= 4 is 28.7 Å². The molecule has 0 atom stereocenters. The second-order valence-corrected chi connectivity index (χ2v) is 7.71. The number of nitrogens with zero attached hydrogens (tertiary/aromatic N) is 2. The lowest BCUT2D eigenvalue weighted by Gasteiger charge is -2.24. The number of nitrogens with two attached hydrogens (primary N) is 1. The van der Waals surface area contributed by atoms with Crippen LogP contribution >= 0.6 is 11.3 Å². The molecule has 0 saturated carbocycles. The van der Waals surface area contributed by atoms with Gasteiger partial charge in [0, 0.05) is 18.4 Å². The van der Waals surface area contributed by atoms with Crippen molar-refractivity contribution in [3.63, 3.8) is 0 Å². The number of aromatic amines is 1. The van der Waals surface area contributed by atoms with E-state index >= 15 is 0 Å². The van der Waals surface area contributed by atoms with Gasteiger partial charge < -0.3 is 15.4 Å². The fourth-order valence-corrected chi connectivity index (χ4v) is 3.83. The van der Waals surface area contributed by atoms with E-state index in [0.717, 1.165) is 10.4 Å². The number of methoxy groups -OCH3 is 1. The SMILES string of the molecule is COCCn1c(N)c(N(Cc2ccccc2)C(=O)CCc2cccs2)c(=O)[nH]c1=O. The van der Waals surface area contributed by atoms with E-state index in [4.69, 9.17) is 10.5 Å². The maximum atomic E-state index is 13.2. The van der Waals surface area contributed by atoms with Crippen LogP contribution in [0.15, 0.2) is 57.4 Å². The minimum Gasteiger partial charge on any atom is -0.383 e. The molecule has 0 saturated heterocycles. The van der Waals surface area contributed by atoms with Gasteiger partial charge in [0.05, 0.1) is 19.7 Å². The highest BCUT2D eigenvalue weighted by atomic mass is 32.1. The quantitative estimate of drug-likeness (QED) is 0.542. The number of nitrogens with one attached hydrogen (secondary N) is 1. The Hall–Kier alpha value is -3.17. The lowest BCUT2D eigenvalue weighted by molar-refractivity contribution is -0.118. The normalized spacial score (nSPS) is 10.8. The number of H-pyrrole nitrogens is 1. The third kappa shape index (κ3) is 5.05. The predicted octanol–water partition coefficient (Wildman–Crippen LogP) is 1.99. The summed E-state index contributed by atoms with van der Waals surface area (Å²) in [5.41, 5.74) is 5.70. The zero-order valence-corrected chi connectivity index (χ0v) is 17.5. The Kier molecular flexibility index (Phi) is 7.21. The molecule has 8 nitrogen and oxygen atoms in total. The van der Waals surface area contributed by atoms with E-state index in [9.17, 15) is 14.4 Å². The summed E-state index contributed by atoms with van der Waals surface area (Å²) < 4.78 is 6.24. The average Bonchev–Trinajstić information content (AvgIpc) is 3.25. The molecule has 1 aromatic carbocycles. The minimum absolute atomic E-state index is 0.0225. The molecule has 0 spiro atoms. The third-order valence-electron chi connectivity index (χ3n) is 4.65.